The van der Waals surface area contributed by atoms with Crippen molar-refractivity contribution in [2.24, 2.45) is 22.7 Å². The van der Waals surface area contributed by atoms with Gasteiger partial charge >= 0.3 is 6.09 Å². The van der Waals surface area contributed by atoms with E-state index in [0.29, 0.717) is 37.8 Å². The van der Waals surface area contributed by atoms with Crippen molar-refractivity contribution in [2.45, 2.75) is 71.6 Å². The lowest BCUT2D eigenvalue weighted by molar-refractivity contribution is -0.185. The first kappa shape index (κ1) is 26.3. The zero-order valence-electron chi connectivity index (χ0n) is 20.1. The minimum atomic E-state index is -0.716. The predicted molar refractivity (Wildman–Crippen MR) is 122 cm³/mol. The molecule has 9 heteroatoms. The van der Waals surface area contributed by atoms with Gasteiger partial charge in [0.15, 0.2) is 0 Å². The molecule has 190 valence electrons. The molecule has 2 fully saturated rings. The van der Waals surface area contributed by atoms with Crippen molar-refractivity contribution in [1.29, 1.82) is 0 Å². The smallest absolute Gasteiger partial charge is 0.407 e. The maximum absolute atomic E-state index is 13.4. The summed E-state index contributed by atoms with van der Waals surface area (Å²) in [6.45, 7) is 5.98. The highest BCUT2D eigenvalue weighted by molar-refractivity contribution is 5.76. The summed E-state index contributed by atoms with van der Waals surface area (Å²) < 4.78 is 32.5. The summed E-state index contributed by atoms with van der Waals surface area (Å²) in [7, 11) is 0. The highest BCUT2D eigenvalue weighted by Crippen LogP contribution is 2.61. The van der Waals surface area contributed by atoms with Crippen LogP contribution in [0.25, 0.3) is 0 Å². The second-order valence-corrected chi connectivity index (χ2v) is 10.2. The second-order valence-electron chi connectivity index (χ2n) is 10.2. The van der Waals surface area contributed by atoms with E-state index in [1.54, 1.807) is 6.92 Å². The Morgan fingerprint density at radius 1 is 1.12 bits per heavy atom. The maximum atomic E-state index is 13.4. The standard InChI is InChI=1S/C25H36F2N2O5/c1-4-28-23(33)34-21-7-8-24(2)18(19(31)5-6-20(24)25(21,3)14-30)12-22(32)29-13-15-9-16(26)11-17(27)10-15/h9-11,18-21,30-31H,4-8,12-14H2,1-3H3,(H,28,33)(H,29,32)/t18-,19-,20-,21+,24-,25+/m1/s1. The summed E-state index contributed by atoms with van der Waals surface area (Å²) >= 11 is 0. The van der Waals surface area contributed by atoms with Crippen LogP contribution in [-0.2, 0) is 16.1 Å². The third-order valence-electron chi connectivity index (χ3n) is 8.06. The molecule has 7 nitrogen and oxygen atoms in total. The van der Waals surface area contributed by atoms with Crippen molar-refractivity contribution in [1.82, 2.24) is 10.6 Å². The number of halogens is 2. The highest BCUT2D eigenvalue weighted by Gasteiger charge is 2.60. The van der Waals surface area contributed by atoms with Crippen LogP contribution in [0.5, 0.6) is 0 Å². The van der Waals surface area contributed by atoms with Crippen LogP contribution in [0.2, 0.25) is 0 Å². The first-order valence-corrected chi connectivity index (χ1v) is 12.0. The van der Waals surface area contributed by atoms with E-state index in [0.717, 1.165) is 6.07 Å². The van der Waals surface area contributed by atoms with Crippen LogP contribution in [0.1, 0.15) is 58.4 Å². The number of nitrogens with one attached hydrogen (secondary N) is 2. The molecule has 0 aromatic heterocycles. The molecule has 2 amide bonds. The molecule has 6 atom stereocenters. The van der Waals surface area contributed by atoms with Crippen LogP contribution in [0.3, 0.4) is 0 Å². The number of carbonyl (C=O) groups is 2. The van der Waals surface area contributed by atoms with Gasteiger partial charge in [-0.3, -0.25) is 4.79 Å². The minimum absolute atomic E-state index is 0.0206. The van der Waals surface area contributed by atoms with Gasteiger partial charge in [-0.25, -0.2) is 13.6 Å². The number of aliphatic hydroxyl groups is 2. The fourth-order valence-electron chi connectivity index (χ4n) is 6.28. The van der Waals surface area contributed by atoms with Crippen LogP contribution in [0.4, 0.5) is 13.6 Å². The Kier molecular flexibility index (Phi) is 8.18. The summed E-state index contributed by atoms with van der Waals surface area (Å²) in [5.41, 5.74) is -0.861. The van der Waals surface area contributed by atoms with Gasteiger partial charge in [-0.15, -0.1) is 0 Å². The lowest BCUT2D eigenvalue weighted by Gasteiger charge is -2.60. The van der Waals surface area contributed by atoms with E-state index in [-0.39, 0.29) is 37.3 Å². The Morgan fingerprint density at radius 3 is 2.41 bits per heavy atom. The van der Waals surface area contributed by atoms with Crippen molar-refractivity contribution in [3.05, 3.63) is 35.4 Å². The molecule has 0 heterocycles. The molecule has 0 aliphatic heterocycles. The summed E-state index contributed by atoms with van der Waals surface area (Å²) in [5, 5.41) is 26.6. The Labute approximate surface area is 199 Å². The number of aliphatic hydroxyl groups excluding tert-OH is 2. The van der Waals surface area contributed by atoms with Crippen LogP contribution in [0.15, 0.2) is 18.2 Å². The molecule has 2 saturated carbocycles. The van der Waals surface area contributed by atoms with Gasteiger partial charge in [0.1, 0.15) is 17.7 Å². The van der Waals surface area contributed by atoms with Gasteiger partial charge in [-0.2, -0.15) is 0 Å². The number of fused-ring (bicyclic) bond motifs is 1. The quantitative estimate of drug-likeness (QED) is 0.477. The summed E-state index contributed by atoms with van der Waals surface area (Å²) in [6.07, 6.45) is 0.612. The number of hydrogen-bond donors (Lipinski definition) is 4. The van der Waals surface area contributed by atoms with Gasteiger partial charge in [-0.1, -0.05) is 13.8 Å². The summed E-state index contributed by atoms with van der Waals surface area (Å²) in [4.78, 5) is 24.9. The first-order chi connectivity index (χ1) is 16.0. The Balaban J connectivity index is 1.73. The van der Waals surface area contributed by atoms with Crippen molar-refractivity contribution in [3.63, 3.8) is 0 Å². The Bertz CT molecular complexity index is 880. The van der Waals surface area contributed by atoms with Crippen LogP contribution in [-0.4, -0.2) is 47.6 Å². The third-order valence-corrected chi connectivity index (χ3v) is 8.06. The topological polar surface area (TPSA) is 108 Å². The molecular formula is C25H36F2N2O5. The number of hydrogen-bond acceptors (Lipinski definition) is 5. The summed E-state index contributed by atoms with van der Waals surface area (Å²) in [5.74, 6) is -2.18. The van der Waals surface area contributed by atoms with Crippen LogP contribution in [0, 0.1) is 34.3 Å². The Hall–Kier alpha value is -2.26. The minimum Gasteiger partial charge on any atom is -0.446 e. The van der Waals surface area contributed by atoms with Crippen molar-refractivity contribution >= 4 is 12.0 Å². The summed E-state index contributed by atoms with van der Waals surface area (Å²) in [6, 6.07) is 3.10. The van der Waals surface area contributed by atoms with E-state index in [2.05, 4.69) is 10.6 Å². The van der Waals surface area contributed by atoms with Gasteiger partial charge in [-0.05, 0) is 67.6 Å². The highest BCUT2D eigenvalue weighted by atomic mass is 19.1. The number of alkyl carbamates (subject to hydrolysis) is 1. The number of carbonyl (C=O) groups excluding carboxylic acids is 2. The van der Waals surface area contributed by atoms with Gasteiger partial charge < -0.3 is 25.6 Å². The molecule has 0 radical (unpaired) electrons. The lowest BCUT2D eigenvalue weighted by atomic mass is 9.46. The van der Waals surface area contributed by atoms with Gasteiger partial charge in [0.05, 0.1) is 12.7 Å². The SMILES string of the molecule is CCNC(=O)O[C@H]1CC[C@@]2(C)[C@@H](CC[C@@H](O)[C@H]2CC(=O)NCc2cc(F)cc(F)c2)[C@]1(C)CO. The van der Waals surface area contributed by atoms with E-state index in [9.17, 15) is 28.6 Å². The molecule has 1 aromatic rings. The van der Waals surface area contributed by atoms with Crippen molar-refractivity contribution in [2.75, 3.05) is 13.2 Å². The predicted octanol–water partition coefficient (Wildman–Crippen LogP) is 3.27. The molecule has 3 rings (SSSR count). The molecule has 2 aliphatic rings. The van der Waals surface area contributed by atoms with Gasteiger partial charge in [0, 0.05) is 31.0 Å². The van der Waals surface area contributed by atoms with Gasteiger partial charge in [0.25, 0.3) is 0 Å². The number of ether oxygens (including phenoxy) is 1. The zero-order valence-corrected chi connectivity index (χ0v) is 20.1. The first-order valence-electron chi connectivity index (χ1n) is 12.0. The second kappa shape index (κ2) is 10.6. The van der Waals surface area contributed by atoms with E-state index in [4.69, 9.17) is 4.74 Å². The molecular weight excluding hydrogens is 446 g/mol. The monoisotopic (exact) mass is 482 g/mol. The average Bonchev–Trinajstić information content (AvgIpc) is 2.76. The third kappa shape index (κ3) is 5.35. The van der Waals surface area contributed by atoms with E-state index >= 15 is 0 Å². The number of rotatable bonds is 7. The molecule has 4 N–H and O–H groups in total. The number of amides is 2. The van der Waals surface area contributed by atoms with E-state index in [1.807, 2.05) is 13.8 Å². The largest absolute Gasteiger partial charge is 0.446 e. The Morgan fingerprint density at radius 2 is 1.79 bits per heavy atom. The van der Waals surface area contributed by atoms with Crippen molar-refractivity contribution in [3.8, 4) is 0 Å². The molecule has 1 aromatic carbocycles. The normalized spacial score (nSPS) is 33.0. The molecule has 34 heavy (non-hydrogen) atoms. The van der Waals surface area contributed by atoms with Crippen LogP contribution >= 0.6 is 0 Å². The fourth-order valence-corrected chi connectivity index (χ4v) is 6.28. The molecule has 0 bridgehead atoms. The van der Waals surface area contributed by atoms with E-state index < -0.39 is 40.8 Å². The fraction of sp³-hybridized carbons (Fsp3) is 0.680. The van der Waals surface area contributed by atoms with Crippen LogP contribution < -0.4 is 10.6 Å². The molecule has 0 spiro atoms. The van der Waals surface area contributed by atoms with E-state index in [1.165, 1.54) is 12.1 Å². The molecule has 0 saturated heterocycles. The van der Waals surface area contributed by atoms with Gasteiger partial charge in [0.2, 0.25) is 5.91 Å². The average molecular weight is 483 g/mol. The number of benzene rings is 1. The maximum Gasteiger partial charge on any atom is 0.407 e. The molecule has 0 unspecified atom stereocenters. The molecule has 2 aliphatic carbocycles. The zero-order chi connectivity index (χ0) is 25.1. The van der Waals surface area contributed by atoms with Crippen molar-refractivity contribution < 1.29 is 33.3 Å². The lowest BCUT2D eigenvalue weighted by Crippen LogP contribution is -2.61.